The van der Waals surface area contributed by atoms with E-state index in [2.05, 4.69) is 0 Å². The second-order valence-corrected chi connectivity index (χ2v) is 12.2. The summed E-state index contributed by atoms with van der Waals surface area (Å²) in [5.41, 5.74) is 3.00. The average Bonchev–Trinajstić information content (AvgIpc) is 3.24. The van der Waals surface area contributed by atoms with Gasteiger partial charge in [-0.25, -0.2) is 13.4 Å². The topological polar surface area (TPSA) is 73.8 Å². The van der Waals surface area contributed by atoms with Crippen molar-refractivity contribution in [2.45, 2.75) is 31.6 Å². The van der Waals surface area contributed by atoms with E-state index in [0.717, 1.165) is 21.3 Å². The van der Waals surface area contributed by atoms with Crippen LogP contribution in [0.15, 0.2) is 47.4 Å². The largest absolute Gasteiger partial charge is 0.308 e. The SMILES string of the molecule is Cc1ccc(S(=O)(=O)N2CCCC(C(=O)N(CCN(C)C)c3nc4c(C)cccc4s3)C2)cc1. The second kappa shape index (κ2) is 10.1. The third kappa shape index (κ3) is 5.17. The zero-order chi connectivity index (χ0) is 24.5. The van der Waals surface area contributed by atoms with Crippen molar-refractivity contribution in [1.29, 1.82) is 0 Å². The Kier molecular flexibility index (Phi) is 7.37. The first kappa shape index (κ1) is 24.8. The molecular formula is C25H32N4O3S2. The van der Waals surface area contributed by atoms with Crippen LogP contribution in [0.1, 0.15) is 24.0 Å². The summed E-state index contributed by atoms with van der Waals surface area (Å²) in [6, 6.07) is 12.9. The zero-order valence-electron chi connectivity index (χ0n) is 20.2. The van der Waals surface area contributed by atoms with Crippen LogP contribution in [-0.2, 0) is 14.8 Å². The summed E-state index contributed by atoms with van der Waals surface area (Å²) in [6.45, 7) is 5.77. The van der Waals surface area contributed by atoms with Crippen molar-refractivity contribution in [2.24, 2.45) is 5.92 Å². The number of hydrogen-bond acceptors (Lipinski definition) is 6. The van der Waals surface area contributed by atoms with Gasteiger partial charge in [0.1, 0.15) is 0 Å². The molecule has 0 bridgehead atoms. The molecule has 0 saturated carbocycles. The van der Waals surface area contributed by atoms with Gasteiger partial charge >= 0.3 is 0 Å². The van der Waals surface area contributed by atoms with E-state index in [0.29, 0.717) is 37.6 Å². The van der Waals surface area contributed by atoms with Crippen LogP contribution in [0.4, 0.5) is 5.13 Å². The van der Waals surface area contributed by atoms with Gasteiger partial charge in [0.25, 0.3) is 0 Å². The van der Waals surface area contributed by atoms with Crippen LogP contribution in [0, 0.1) is 19.8 Å². The maximum atomic E-state index is 13.8. The normalized spacial score (nSPS) is 17.4. The van der Waals surface area contributed by atoms with Gasteiger partial charge in [-0.05, 0) is 64.5 Å². The molecule has 0 radical (unpaired) electrons. The van der Waals surface area contributed by atoms with Gasteiger partial charge in [0.05, 0.1) is 21.0 Å². The molecule has 7 nitrogen and oxygen atoms in total. The fourth-order valence-corrected chi connectivity index (χ4v) is 6.83. The molecule has 1 aliphatic rings. The highest BCUT2D eigenvalue weighted by Crippen LogP contribution is 2.33. The summed E-state index contributed by atoms with van der Waals surface area (Å²) >= 11 is 1.51. The van der Waals surface area contributed by atoms with E-state index in [9.17, 15) is 13.2 Å². The molecule has 1 saturated heterocycles. The lowest BCUT2D eigenvalue weighted by Gasteiger charge is -2.34. The smallest absolute Gasteiger partial charge is 0.243 e. The van der Waals surface area contributed by atoms with Crippen LogP contribution >= 0.6 is 11.3 Å². The van der Waals surface area contributed by atoms with Gasteiger partial charge in [-0.2, -0.15) is 4.31 Å². The molecule has 3 aromatic rings. The quantitative estimate of drug-likeness (QED) is 0.492. The molecule has 34 heavy (non-hydrogen) atoms. The van der Waals surface area contributed by atoms with Crippen LogP contribution in [0.5, 0.6) is 0 Å². The monoisotopic (exact) mass is 500 g/mol. The van der Waals surface area contributed by atoms with Crippen molar-refractivity contribution in [3.8, 4) is 0 Å². The van der Waals surface area contributed by atoms with Crippen LogP contribution in [-0.4, -0.2) is 68.8 Å². The highest BCUT2D eigenvalue weighted by molar-refractivity contribution is 7.89. The van der Waals surface area contributed by atoms with Gasteiger partial charge in [0.15, 0.2) is 5.13 Å². The number of thiazole rings is 1. The van der Waals surface area contributed by atoms with Crippen molar-refractivity contribution in [2.75, 3.05) is 45.2 Å². The number of likely N-dealkylation sites (N-methyl/N-ethyl adjacent to an activating group) is 1. The summed E-state index contributed by atoms with van der Waals surface area (Å²) in [5.74, 6) is -0.452. The van der Waals surface area contributed by atoms with E-state index in [4.69, 9.17) is 4.98 Å². The molecule has 2 aromatic carbocycles. The molecule has 1 amide bonds. The summed E-state index contributed by atoms with van der Waals surface area (Å²) < 4.78 is 29.0. The van der Waals surface area contributed by atoms with Crippen molar-refractivity contribution in [3.63, 3.8) is 0 Å². The Morgan fingerprint density at radius 1 is 1.12 bits per heavy atom. The number of carbonyl (C=O) groups is 1. The molecule has 1 fully saturated rings. The molecule has 182 valence electrons. The van der Waals surface area contributed by atoms with Gasteiger partial charge in [-0.3, -0.25) is 9.69 Å². The highest BCUT2D eigenvalue weighted by atomic mass is 32.2. The molecule has 0 N–H and O–H groups in total. The first-order chi connectivity index (χ1) is 16.2. The highest BCUT2D eigenvalue weighted by Gasteiger charge is 2.36. The number of carbonyl (C=O) groups excluding carboxylic acids is 1. The Labute approximate surface area is 206 Å². The minimum atomic E-state index is -3.65. The minimum absolute atomic E-state index is 0.0534. The first-order valence-electron chi connectivity index (χ1n) is 11.6. The average molecular weight is 501 g/mol. The number of aromatic nitrogens is 1. The molecule has 1 aromatic heterocycles. The Bertz CT molecular complexity index is 1270. The summed E-state index contributed by atoms with van der Waals surface area (Å²) in [7, 11) is 0.302. The third-order valence-electron chi connectivity index (χ3n) is 6.27. The number of nitrogens with zero attached hydrogens (tertiary/aromatic N) is 4. The fraction of sp³-hybridized carbons (Fsp3) is 0.440. The molecule has 4 rings (SSSR count). The van der Waals surface area contributed by atoms with Gasteiger partial charge in [0, 0.05) is 26.2 Å². The standard InChI is InChI=1S/C25H32N4O3S2/c1-18-10-12-21(13-11-18)34(31,32)28-14-6-8-20(17-28)24(30)29(16-15-27(3)4)25-26-23-19(2)7-5-9-22(23)33-25/h5,7,9-13,20H,6,8,14-17H2,1-4H3. The van der Waals surface area contributed by atoms with Gasteiger partial charge < -0.3 is 4.90 Å². The molecule has 0 spiro atoms. The first-order valence-corrected chi connectivity index (χ1v) is 13.8. The van der Waals surface area contributed by atoms with E-state index in [1.54, 1.807) is 29.2 Å². The summed E-state index contributed by atoms with van der Waals surface area (Å²) in [4.78, 5) is 22.7. The number of anilines is 1. The van der Waals surface area contributed by atoms with Crippen LogP contribution in [0.25, 0.3) is 10.2 Å². The lowest BCUT2D eigenvalue weighted by molar-refractivity contribution is -0.123. The number of sulfonamides is 1. The number of piperidine rings is 1. The Balaban J connectivity index is 1.60. The molecule has 9 heteroatoms. The predicted octanol–water partition coefficient (Wildman–Crippen LogP) is 3.91. The lowest BCUT2D eigenvalue weighted by Crippen LogP contribution is -2.48. The number of aryl methyl sites for hydroxylation is 2. The molecule has 2 heterocycles. The summed E-state index contributed by atoms with van der Waals surface area (Å²) in [5, 5.41) is 0.676. The number of para-hydroxylation sites is 1. The maximum absolute atomic E-state index is 13.8. The molecular weight excluding hydrogens is 468 g/mol. The van der Waals surface area contributed by atoms with E-state index < -0.39 is 15.9 Å². The number of amides is 1. The third-order valence-corrected chi connectivity index (χ3v) is 9.19. The number of benzene rings is 2. The minimum Gasteiger partial charge on any atom is -0.308 e. The van der Waals surface area contributed by atoms with E-state index in [1.165, 1.54) is 15.6 Å². The van der Waals surface area contributed by atoms with Crippen molar-refractivity contribution < 1.29 is 13.2 Å². The fourth-order valence-electron chi connectivity index (χ4n) is 4.23. The summed E-state index contributed by atoms with van der Waals surface area (Å²) in [6.07, 6.45) is 1.32. The van der Waals surface area contributed by atoms with E-state index in [-0.39, 0.29) is 17.3 Å². The lowest BCUT2D eigenvalue weighted by atomic mass is 9.98. The van der Waals surface area contributed by atoms with Crippen LogP contribution in [0.2, 0.25) is 0 Å². The van der Waals surface area contributed by atoms with Gasteiger partial charge in [-0.15, -0.1) is 0 Å². The van der Waals surface area contributed by atoms with Crippen LogP contribution in [0.3, 0.4) is 0 Å². The van der Waals surface area contributed by atoms with Crippen molar-refractivity contribution >= 4 is 42.6 Å². The molecule has 1 aliphatic heterocycles. The van der Waals surface area contributed by atoms with Crippen molar-refractivity contribution in [1.82, 2.24) is 14.2 Å². The van der Waals surface area contributed by atoms with E-state index in [1.807, 2.05) is 51.0 Å². The maximum Gasteiger partial charge on any atom is 0.243 e. The number of hydrogen-bond donors (Lipinski definition) is 0. The van der Waals surface area contributed by atoms with E-state index >= 15 is 0 Å². The Hall–Kier alpha value is -2.33. The number of fused-ring (bicyclic) bond motifs is 1. The molecule has 1 atom stereocenters. The predicted molar refractivity (Wildman–Crippen MR) is 138 cm³/mol. The molecule has 1 unspecified atom stereocenters. The Morgan fingerprint density at radius 3 is 2.53 bits per heavy atom. The van der Waals surface area contributed by atoms with Crippen molar-refractivity contribution in [3.05, 3.63) is 53.6 Å². The number of rotatable bonds is 7. The molecule has 0 aliphatic carbocycles. The van der Waals surface area contributed by atoms with Gasteiger partial charge in [0.2, 0.25) is 15.9 Å². The van der Waals surface area contributed by atoms with Crippen LogP contribution < -0.4 is 4.90 Å². The Morgan fingerprint density at radius 2 is 1.85 bits per heavy atom. The zero-order valence-corrected chi connectivity index (χ0v) is 21.8. The second-order valence-electron chi connectivity index (χ2n) is 9.23. The van der Waals surface area contributed by atoms with Gasteiger partial charge in [-0.1, -0.05) is 41.2 Å².